The van der Waals surface area contributed by atoms with Gasteiger partial charge in [-0.3, -0.25) is 0 Å². The molecule has 2 aromatic rings. The number of hydrogen-bond acceptors (Lipinski definition) is 10. The Kier molecular flexibility index (Phi) is 8.15. The average molecular weight is 450 g/mol. The van der Waals surface area contributed by atoms with Crippen molar-refractivity contribution in [2.75, 3.05) is 13.2 Å². The van der Waals surface area contributed by atoms with Crippen LogP contribution in [-0.4, -0.2) is 86.6 Å². The van der Waals surface area contributed by atoms with Gasteiger partial charge in [-0.2, -0.15) is 0 Å². The summed E-state index contributed by atoms with van der Waals surface area (Å²) in [7, 11) is 0. The van der Waals surface area contributed by atoms with Crippen molar-refractivity contribution in [3.8, 4) is 5.75 Å². The van der Waals surface area contributed by atoms with Crippen LogP contribution < -0.4 is 0 Å². The highest BCUT2D eigenvalue weighted by Crippen LogP contribution is 2.25. The van der Waals surface area contributed by atoms with E-state index >= 15 is 0 Å². The van der Waals surface area contributed by atoms with Crippen LogP contribution in [0, 0.1) is 0 Å². The molecule has 0 saturated carbocycles. The number of phenols is 1. The molecule has 174 valence electrons. The fourth-order valence-corrected chi connectivity index (χ4v) is 3.19. The van der Waals surface area contributed by atoms with E-state index in [1.54, 1.807) is 30.3 Å². The number of aliphatic hydroxyl groups is 5. The van der Waals surface area contributed by atoms with Crippen molar-refractivity contribution in [2.24, 2.45) is 0 Å². The Morgan fingerprint density at radius 3 is 2.25 bits per heavy atom. The molecule has 0 aromatic heterocycles. The molecule has 10 nitrogen and oxygen atoms in total. The van der Waals surface area contributed by atoms with Gasteiger partial charge in [-0.1, -0.05) is 30.3 Å². The Hall–Kier alpha value is -2.57. The maximum atomic E-state index is 12.1. The van der Waals surface area contributed by atoms with Gasteiger partial charge in [0.2, 0.25) is 0 Å². The maximum Gasteiger partial charge on any atom is 0.338 e. The molecule has 1 aliphatic heterocycles. The van der Waals surface area contributed by atoms with Gasteiger partial charge in [-0.25, -0.2) is 4.79 Å². The molecule has 1 aliphatic rings. The van der Waals surface area contributed by atoms with Crippen molar-refractivity contribution in [1.82, 2.24) is 0 Å². The van der Waals surface area contributed by atoms with Crippen LogP contribution in [0.25, 0.3) is 0 Å². The first kappa shape index (κ1) is 24.1. The first-order valence-corrected chi connectivity index (χ1v) is 9.96. The van der Waals surface area contributed by atoms with Crippen molar-refractivity contribution in [2.45, 2.75) is 42.9 Å². The second kappa shape index (κ2) is 10.8. The van der Waals surface area contributed by atoms with Crippen molar-refractivity contribution in [3.63, 3.8) is 0 Å². The number of hydrogen-bond donors (Lipinski definition) is 6. The summed E-state index contributed by atoms with van der Waals surface area (Å²) in [5, 5.41) is 60.1. The van der Waals surface area contributed by atoms with Gasteiger partial charge in [-0.05, 0) is 29.8 Å². The van der Waals surface area contributed by atoms with Crippen LogP contribution in [0.5, 0.6) is 5.75 Å². The number of esters is 1. The lowest BCUT2D eigenvalue weighted by molar-refractivity contribution is -0.305. The molecular formula is C22H26O10. The summed E-state index contributed by atoms with van der Waals surface area (Å²) < 4.78 is 15.9. The lowest BCUT2D eigenvalue weighted by Crippen LogP contribution is -2.59. The molecule has 0 bridgehead atoms. The molecule has 6 N–H and O–H groups in total. The Balaban J connectivity index is 1.56. The minimum atomic E-state index is -1.66. The first-order chi connectivity index (χ1) is 15.3. The average Bonchev–Trinajstić information content (AvgIpc) is 2.81. The van der Waals surface area contributed by atoms with Gasteiger partial charge in [0.15, 0.2) is 6.29 Å². The fraction of sp³-hybridized carbons (Fsp3) is 0.409. The summed E-state index contributed by atoms with van der Waals surface area (Å²) in [6.07, 6.45) is -10.3. The number of phenolic OH excluding ortho intramolecular Hbond substituents is 1. The quantitative estimate of drug-likeness (QED) is 0.288. The molecule has 1 saturated heterocycles. The number of aliphatic hydroxyl groups excluding tert-OH is 5. The summed E-state index contributed by atoms with van der Waals surface area (Å²) in [6.45, 7) is -0.902. The lowest BCUT2D eigenvalue weighted by atomic mass is 9.99. The maximum absolute atomic E-state index is 12.1. The fourth-order valence-electron chi connectivity index (χ4n) is 3.19. The van der Waals surface area contributed by atoms with E-state index < -0.39 is 62.1 Å². The van der Waals surface area contributed by atoms with Crippen molar-refractivity contribution >= 4 is 5.97 Å². The van der Waals surface area contributed by atoms with Gasteiger partial charge >= 0.3 is 5.97 Å². The second-order valence-electron chi connectivity index (χ2n) is 7.42. The van der Waals surface area contributed by atoms with E-state index in [1.807, 2.05) is 0 Å². The summed E-state index contributed by atoms with van der Waals surface area (Å²) in [5.74, 6) is -0.663. The van der Waals surface area contributed by atoms with E-state index in [9.17, 15) is 35.4 Å². The Morgan fingerprint density at radius 2 is 1.59 bits per heavy atom. The summed E-state index contributed by atoms with van der Waals surface area (Å²) in [5.41, 5.74) is 0.614. The highest BCUT2D eigenvalue weighted by atomic mass is 16.7. The number of ether oxygens (including phenoxy) is 3. The lowest BCUT2D eigenvalue weighted by Gasteiger charge is -2.40. The van der Waals surface area contributed by atoms with Crippen molar-refractivity contribution in [3.05, 3.63) is 65.7 Å². The van der Waals surface area contributed by atoms with Crippen molar-refractivity contribution < 1.29 is 49.6 Å². The van der Waals surface area contributed by atoms with Crippen molar-refractivity contribution in [1.29, 1.82) is 0 Å². The zero-order valence-corrected chi connectivity index (χ0v) is 17.0. The van der Waals surface area contributed by atoms with E-state index in [0.717, 1.165) is 0 Å². The number of aromatic hydroxyl groups is 1. The third-order valence-corrected chi connectivity index (χ3v) is 5.09. The van der Waals surface area contributed by atoms with Crippen LogP contribution in [-0.2, 0) is 14.2 Å². The van der Waals surface area contributed by atoms with Crippen LogP contribution >= 0.6 is 0 Å². The van der Waals surface area contributed by atoms with E-state index in [-0.39, 0.29) is 11.3 Å². The molecule has 0 aliphatic carbocycles. The molecule has 0 spiro atoms. The van der Waals surface area contributed by atoms with Gasteiger partial charge in [0, 0.05) is 0 Å². The minimum Gasteiger partial charge on any atom is -0.508 e. The second-order valence-corrected chi connectivity index (χ2v) is 7.42. The van der Waals surface area contributed by atoms with E-state index in [0.29, 0.717) is 5.56 Å². The van der Waals surface area contributed by atoms with Gasteiger partial charge in [0.05, 0.1) is 12.2 Å². The summed E-state index contributed by atoms with van der Waals surface area (Å²) in [4.78, 5) is 12.1. The molecule has 10 heteroatoms. The monoisotopic (exact) mass is 450 g/mol. The zero-order valence-electron chi connectivity index (χ0n) is 17.0. The molecule has 0 radical (unpaired) electrons. The van der Waals surface area contributed by atoms with E-state index in [1.165, 1.54) is 24.3 Å². The summed E-state index contributed by atoms with van der Waals surface area (Å²) >= 11 is 0. The van der Waals surface area contributed by atoms with Gasteiger partial charge in [-0.15, -0.1) is 0 Å². The van der Waals surface area contributed by atoms with Gasteiger partial charge in [0.25, 0.3) is 0 Å². The largest absolute Gasteiger partial charge is 0.508 e. The van der Waals surface area contributed by atoms with E-state index in [2.05, 4.69) is 0 Å². The number of carbonyl (C=O) groups excluding carboxylic acids is 1. The molecule has 1 heterocycles. The SMILES string of the molecule is O=C(OC[C@H]1O[C@@H](OC[C@H](O)[C@@H](O)c2ccc(O)cc2)[C@H](O)[C@@H](O)[C@@H]1O)c1ccccc1. The predicted molar refractivity (Wildman–Crippen MR) is 108 cm³/mol. The molecule has 0 unspecified atom stereocenters. The molecule has 32 heavy (non-hydrogen) atoms. The number of carbonyl (C=O) groups is 1. The summed E-state index contributed by atoms with van der Waals surface area (Å²) in [6, 6.07) is 13.7. The van der Waals surface area contributed by atoms with Gasteiger partial charge < -0.3 is 44.8 Å². The van der Waals surface area contributed by atoms with Crippen LogP contribution in [0.15, 0.2) is 54.6 Å². The number of benzene rings is 2. The third-order valence-electron chi connectivity index (χ3n) is 5.09. The molecule has 1 fully saturated rings. The molecule has 0 amide bonds. The third kappa shape index (κ3) is 5.81. The Bertz CT molecular complexity index is 859. The Labute approximate surface area is 183 Å². The van der Waals surface area contributed by atoms with Crippen LogP contribution in [0.4, 0.5) is 0 Å². The molecule has 3 rings (SSSR count). The highest BCUT2D eigenvalue weighted by Gasteiger charge is 2.45. The topological polar surface area (TPSA) is 166 Å². The normalized spacial score (nSPS) is 27.5. The van der Waals surface area contributed by atoms with E-state index in [4.69, 9.17) is 14.2 Å². The standard InChI is InChI=1S/C22H26O10/c23-14-8-6-12(7-9-14)17(25)15(24)10-31-22-20(28)19(27)18(26)16(32-22)11-30-21(29)13-4-2-1-3-5-13/h1-9,15-20,22-28H,10-11H2/t15-,16+,17-,18+,19-,20+,22+/m0/s1. The highest BCUT2D eigenvalue weighted by molar-refractivity contribution is 5.89. The first-order valence-electron chi connectivity index (χ1n) is 9.96. The number of rotatable bonds is 8. The van der Waals surface area contributed by atoms with Crippen LogP contribution in [0.1, 0.15) is 22.0 Å². The minimum absolute atomic E-state index is 0.00281. The molecule has 7 atom stereocenters. The van der Waals surface area contributed by atoms with Crippen LogP contribution in [0.3, 0.4) is 0 Å². The molecule has 2 aromatic carbocycles. The van der Waals surface area contributed by atoms with Gasteiger partial charge in [0.1, 0.15) is 49.0 Å². The zero-order chi connectivity index (χ0) is 23.3. The Morgan fingerprint density at radius 1 is 0.938 bits per heavy atom. The predicted octanol–water partition coefficient (Wildman–Crippen LogP) is -0.532. The van der Waals surface area contributed by atoms with Crippen LogP contribution in [0.2, 0.25) is 0 Å². The smallest absolute Gasteiger partial charge is 0.338 e. The molecular weight excluding hydrogens is 424 g/mol.